The Kier molecular flexibility index (Phi) is 7.05. The van der Waals surface area contributed by atoms with Crippen LogP contribution >= 0.6 is 0 Å². The van der Waals surface area contributed by atoms with Crippen molar-refractivity contribution in [1.82, 2.24) is 20.2 Å². The van der Waals surface area contributed by atoms with Crippen molar-refractivity contribution >= 4 is 11.9 Å². The van der Waals surface area contributed by atoms with Crippen LogP contribution in [0.3, 0.4) is 0 Å². The fourth-order valence-corrected chi connectivity index (χ4v) is 2.50. The van der Waals surface area contributed by atoms with Crippen molar-refractivity contribution in [2.75, 3.05) is 45.2 Å². The van der Waals surface area contributed by atoms with Crippen LogP contribution in [0.25, 0.3) is 0 Å². The first kappa shape index (κ1) is 16.6. The number of likely N-dealkylation sites (tertiary alicyclic amines) is 1. The number of anilines is 1. The second-order valence-corrected chi connectivity index (χ2v) is 5.43. The van der Waals surface area contributed by atoms with Crippen LogP contribution in [0, 0.1) is 0 Å². The number of ether oxygens (including phenoxy) is 1. The number of nitrogens with one attached hydrogen (secondary N) is 2. The topological polar surface area (TPSA) is 79.4 Å². The summed E-state index contributed by atoms with van der Waals surface area (Å²) >= 11 is 0. The summed E-state index contributed by atoms with van der Waals surface area (Å²) in [5.41, 5.74) is 0. The highest BCUT2D eigenvalue weighted by Crippen LogP contribution is 2.10. The van der Waals surface area contributed by atoms with Crippen LogP contribution in [0.5, 0.6) is 0 Å². The second kappa shape index (κ2) is 9.32. The number of carbonyl (C=O) groups excluding carboxylic acids is 1. The molecule has 0 atom stereocenters. The van der Waals surface area contributed by atoms with E-state index >= 15 is 0 Å². The van der Waals surface area contributed by atoms with Crippen molar-refractivity contribution in [3.8, 4) is 0 Å². The van der Waals surface area contributed by atoms with Crippen LogP contribution < -0.4 is 10.6 Å². The lowest BCUT2D eigenvalue weighted by atomic mass is 10.0. The van der Waals surface area contributed by atoms with Gasteiger partial charge < -0.3 is 20.3 Å². The zero-order chi connectivity index (χ0) is 15.6. The highest BCUT2D eigenvalue weighted by molar-refractivity contribution is 5.76. The molecular weight excluding hydrogens is 282 g/mol. The van der Waals surface area contributed by atoms with Gasteiger partial charge in [0.05, 0.1) is 6.61 Å². The molecule has 1 aromatic heterocycles. The average molecular weight is 307 g/mol. The molecule has 0 radical (unpaired) electrons. The maximum atomic E-state index is 11.9. The van der Waals surface area contributed by atoms with Gasteiger partial charge in [0.25, 0.3) is 0 Å². The van der Waals surface area contributed by atoms with Crippen LogP contribution in [-0.4, -0.2) is 66.7 Å². The SMILES string of the molecule is COCCN1CCC(NC(=O)CCNc2ncccn2)CC1. The quantitative estimate of drug-likeness (QED) is 0.728. The van der Waals surface area contributed by atoms with Gasteiger partial charge in [-0.3, -0.25) is 4.79 Å². The first-order chi connectivity index (χ1) is 10.8. The van der Waals surface area contributed by atoms with Gasteiger partial charge in [0.2, 0.25) is 11.9 Å². The summed E-state index contributed by atoms with van der Waals surface area (Å²) in [5.74, 6) is 0.639. The third kappa shape index (κ3) is 5.95. The van der Waals surface area contributed by atoms with Gasteiger partial charge in [-0.1, -0.05) is 0 Å². The number of piperidine rings is 1. The fourth-order valence-electron chi connectivity index (χ4n) is 2.50. The molecule has 1 aromatic rings. The van der Waals surface area contributed by atoms with Crippen molar-refractivity contribution in [2.45, 2.75) is 25.3 Å². The number of rotatable bonds is 8. The Morgan fingerprint density at radius 2 is 2.09 bits per heavy atom. The van der Waals surface area contributed by atoms with Gasteiger partial charge in [0.15, 0.2) is 0 Å². The molecule has 2 heterocycles. The first-order valence-corrected chi connectivity index (χ1v) is 7.79. The van der Waals surface area contributed by atoms with E-state index in [-0.39, 0.29) is 5.91 Å². The maximum Gasteiger partial charge on any atom is 0.222 e. The average Bonchev–Trinajstić information content (AvgIpc) is 2.55. The molecule has 7 nitrogen and oxygen atoms in total. The molecule has 22 heavy (non-hydrogen) atoms. The Labute approximate surface area is 131 Å². The van der Waals surface area contributed by atoms with Crippen molar-refractivity contribution in [3.05, 3.63) is 18.5 Å². The van der Waals surface area contributed by atoms with Crippen LogP contribution in [0.15, 0.2) is 18.5 Å². The van der Waals surface area contributed by atoms with Crippen LogP contribution in [0.4, 0.5) is 5.95 Å². The molecule has 1 saturated heterocycles. The van der Waals surface area contributed by atoms with Gasteiger partial charge in [-0.05, 0) is 18.9 Å². The molecule has 2 N–H and O–H groups in total. The predicted octanol–water partition coefficient (Wildman–Crippen LogP) is 0.506. The Morgan fingerprint density at radius 3 is 2.77 bits per heavy atom. The Balaban J connectivity index is 1.58. The van der Waals surface area contributed by atoms with E-state index in [9.17, 15) is 4.79 Å². The maximum absolute atomic E-state index is 11.9. The molecule has 7 heteroatoms. The summed E-state index contributed by atoms with van der Waals surface area (Å²) in [5, 5.41) is 6.14. The molecule has 1 aliphatic heterocycles. The molecule has 0 saturated carbocycles. The minimum atomic E-state index is 0.0822. The number of hydrogen-bond donors (Lipinski definition) is 2. The number of hydrogen-bond acceptors (Lipinski definition) is 6. The molecule has 2 rings (SSSR count). The molecule has 1 fully saturated rings. The molecular formula is C15H25N5O2. The van der Waals surface area contributed by atoms with E-state index in [2.05, 4.69) is 25.5 Å². The lowest BCUT2D eigenvalue weighted by Gasteiger charge is -2.32. The predicted molar refractivity (Wildman–Crippen MR) is 84.6 cm³/mol. The van der Waals surface area contributed by atoms with Gasteiger partial charge in [-0.2, -0.15) is 0 Å². The monoisotopic (exact) mass is 307 g/mol. The van der Waals surface area contributed by atoms with E-state index in [1.54, 1.807) is 25.6 Å². The third-order valence-electron chi connectivity index (χ3n) is 3.77. The standard InChI is InChI=1S/C15H25N5O2/c1-22-12-11-20-9-4-13(5-10-20)19-14(21)3-8-18-15-16-6-2-7-17-15/h2,6-7,13H,3-5,8-12H2,1H3,(H,19,21)(H,16,17,18). The second-order valence-electron chi connectivity index (χ2n) is 5.43. The summed E-state index contributed by atoms with van der Waals surface area (Å²) in [6.07, 6.45) is 5.79. The van der Waals surface area contributed by atoms with Crippen LogP contribution in [-0.2, 0) is 9.53 Å². The molecule has 0 aromatic carbocycles. The largest absolute Gasteiger partial charge is 0.383 e. The summed E-state index contributed by atoms with van der Waals surface area (Å²) in [7, 11) is 1.72. The Bertz CT molecular complexity index is 435. The molecule has 1 aliphatic rings. The normalized spacial score (nSPS) is 16.4. The van der Waals surface area contributed by atoms with Gasteiger partial charge in [-0.15, -0.1) is 0 Å². The number of nitrogens with zero attached hydrogens (tertiary/aromatic N) is 3. The highest BCUT2D eigenvalue weighted by Gasteiger charge is 2.20. The number of methoxy groups -OCH3 is 1. The zero-order valence-corrected chi connectivity index (χ0v) is 13.1. The minimum Gasteiger partial charge on any atom is -0.383 e. The van der Waals surface area contributed by atoms with Gasteiger partial charge in [0, 0.05) is 58.1 Å². The third-order valence-corrected chi connectivity index (χ3v) is 3.77. The van der Waals surface area contributed by atoms with Crippen molar-refractivity contribution < 1.29 is 9.53 Å². The van der Waals surface area contributed by atoms with Gasteiger partial charge in [-0.25, -0.2) is 9.97 Å². The van der Waals surface area contributed by atoms with Crippen molar-refractivity contribution in [1.29, 1.82) is 0 Å². The highest BCUT2D eigenvalue weighted by atomic mass is 16.5. The van der Waals surface area contributed by atoms with Crippen molar-refractivity contribution in [3.63, 3.8) is 0 Å². The molecule has 122 valence electrons. The van der Waals surface area contributed by atoms with Crippen molar-refractivity contribution in [2.24, 2.45) is 0 Å². The molecule has 0 spiro atoms. The molecule has 0 unspecified atom stereocenters. The van der Waals surface area contributed by atoms with E-state index in [0.29, 0.717) is 25.0 Å². The van der Waals surface area contributed by atoms with Gasteiger partial charge >= 0.3 is 0 Å². The summed E-state index contributed by atoms with van der Waals surface area (Å²) in [6.45, 7) is 4.32. The summed E-state index contributed by atoms with van der Waals surface area (Å²) in [6, 6.07) is 2.05. The first-order valence-electron chi connectivity index (χ1n) is 7.79. The Hall–Kier alpha value is -1.73. The fraction of sp³-hybridized carbons (Fsp3) is 0.667. The van der Waals surface area contributed by atoms with E-state index in [4.69, 9.17) is 4.74 Å². The number of amides is 1. The molecule has 1 amide bonds. The van der Waals surface area contributed by atoms with E-state index in [1.165, 1.54) is 0 Å². The smallest absolute Gasteiger partial charge is 0.222 e. The minimum absolute atomic E-state index is 0.0822. The van der Waals surface area contributed by atoms with Crippen LogP contribution in [0.1, 0.15) is 19.3 Å². The Morgan fingerprint density at radius 1 is 1.36 bits per heavy atom. The number of carbonyl (C=O) groups is 1. The van der Waals surface area contributed by atoms with E-state index in [1.807, 2.05) is 0 Å². The van der Waals surface area contributed by atoms with E-state index < -0.39 is 0 Å². The zero-order valence-electron chi connectivity index (χ0n) is 13.1. The van der Waals surface area contributed by atoms with Gasteiger partial charge in [0.1, 0.15) is 0 Å². The lowest BCUT2D eigenvalue weighted by Crippen LogP contribution is -2.45. The summed E-state index contributed by atoms with van der Waals surface area (Å²) in [4.78, 5) is 22.4. The lowest BCUT2D eigenvalue weighted by molar-refractivity contribution is -0.121. The molecule has 0 aliphatic carbocycles. The molecule has 0 bridgehead atoms. The van der Waals surface area contributed by atoms with E-state index in [0.717, 1.165) is 39.1 Å². The summed E-state index contributed by atoms with van der Waals surface area (Å²) < 4.78 is 5.09. The number of aromatic nitrogens is 2. The van der Waals surface area contributed by atoms with Crippen LogP contribution in [0.2, 0.25) is 0 Å².